The zero-order valence-corrected chi connectivity index (χ0v) is 14.6. The fourth-order valence-corrected chi connectivity index (χ4v) is 3.41. The van der Waals surface area contributed by atoms with Crippen LogP contribution in [-0.2, 0) is 12.0 Å². The maximum absolute atomic E-state index is 6.31. The van der Waals surface area contributed by atoms with E-state index in [2.05, 4.69) is 56.4 Å². The van der Waals surface area contributed by atoms with Gasteiger partial charge in [-0.05, 0) is 47.9 Å². The second-order valence-corrected chi connectivity index (χ2v) is 7.65. The van der Waals surface area contributed by atoms with Crippen LogP contribution >= 0.6 is 23.4 Å². The normalized spacial score (nSPS) is 11.7. The van der Waals surface area contributed by atoms with E-state index in [4.69, 9.17) is 11.6 Å². The van der Waals surface area contributed by atoms with Crippen molar-refractivity contribution in [2.75, 3.05) is 7.05 Å². The molecule has 0 fully saturated rings. The fourth-order valence-electron chi connectivity index (χ4n) is 2.13. The highest BCUT2D eigenvalue weighted by molar-refractivity contribution is 7.99. The molecule has 0 saturated carbocycles. The van der Waals surface area contributed by atoms with E-state index in [1.54, 1.807) is 11.8 Å². The number of hydrogen-bond donors (Lipinski definition) is 1. The molecule has 0 amide bonds. The summed E-state index contributed by atoms with van der Waals surface area (Å²) in [6, 6.07) is 14.9. The zero-order valence-electron chi connectivity index (χ0n) is 13.0. The first-order chi connectivity index (χ1) is 9.91. The Morgan fingerprint density at radius 3 is 2.29 bits per heavy atom. The SMILES string of the molecule is CNCc1c(Cl)cccc1Sc1ccc(C(C)(C)C)cc1. The zero-order chi connectivity index (χ0) is 15.5. The second-order valence-electron chi connectivity index (χ2n) is 6.12. The minimum atomic E-state index is 0.191. The summed E-state index contributed by atoms with van der Waals surface area (Å²) in [4.78, 5) is 2.45. The van der Waals surface area contributed by atoms with Crippen LogP contribution < -0.4 is 5.32 Å². The molecule has 0 radical (unpaired) electrons. The van der Waals surface area contributed by atoms with Crippen molar-refractivity contribution in [3.05, 3.63) is 58.6 Å². The van der Waals surface area contributed by atoms with E-state index in [-0.39, 0.29) is 5.41 Å². The molecule has 0 atom stereocenters. The lowest BCUT2D eigenvalue weighted by atomic mass is 9.87. The van der Waals surface area contributed by atoms with Gasteiger partial charge in [0, 0.05) is 21.4 Å². The van der Waals surface area contributed by atoms with Gasteiger partial charge in [0.1, 0.15) is 0 Å². The van der Waals surface area contributed by atoms with Gasteiger partial charge >= 0.3 is 0 Å². The highest BCUT2D eigenvalue weighted by Crippen LogP contribution is 2.34. The first kappa shape index (κ1) is 16.4. The predicted molar refractivity (Wildman–Crippen MR) is 93.5 cm³/mol. The van der Waals surface area contributed by atoms with E-state index in [1.807, 2.05) is 19.2 Å². The lowest BCUT2D eigenvalue weighted by molar-refractivity contribution is 0.590. The predicted octanol–water partition coefficient (Wildman–Crippen LogP) is 5.51. The van der Waals surface area contributed by atoms with Gasteiger partial charge in [0.05, 0.1) is 0 Å². The molecular weight excluding hydrogens is 298 g/mol. The Morgan fingerprint density at radius 1 is 1.05 bits per heavy atom. The molecule has 0 bridgehead atoms. The van der Waals surface area contributed by atoms with Crippen molar-refractivity contribution in [2.45, 2.75) is 42.5 Å². The summed E-state index contributed by atoms with van der Waals surface area (Å²) in [5.41, 5.74) is 2.70. The van der Waals surface area contributed by atoms with E-state index in [1.165, 1.54) is 15.4 Å². The Hall–Kier alpha value is -0.960. The fraction of sp³-hybridized carbons (Fsp3) is 0.333. The average molecular weight is 320 g/mol. The third kappa shape index (κ3) is 4.26. The van der Waals surface area contributed by atoms with Crippen LogP contribution in [0.4, 0.5) is 0 Å². The molecule has 1 N–H and O–H groups in total. The number of nitrogens with one attached hydrogen (secondary N) is 1. The average Bonchev–Trinajstić information content (AvgIpc) is 2.42. The highest BCUT2D eigenvalue weighted by Gasteiger charge is 2.13. The first-order valence-corrected chi connectivity index (χ1v) is 8.31. The number of halogens is 1. The summed E-state index contributed by atoms with van der Waals surface area (Å²) in [5, 5.41) is 4.00. The highest BCUT2D eigenvalue weighted by atomic mass is 35.5. The van der Waals surface area contributed by atoms with Gasteiger partial charge in [0.2, 0.25) is 0 Å². The Kier molecular flexibility index (Phi) is 5.37. The molecule has 2 aromatic rings. The lowest BCUT2D eigenvalue weighted by Gasteiger charge is -2.19. The van der Waals surface area contributed by atoms with Crippen LogP contribution in [0.5, 0.6) is 0 Å². The standard InChI is InChI=1S/C18H22ClNS/c1-18(2,3)13-8-10-14(11-9-13)21-17-7-5-6-16(19)15(17)12-20-4/h5-11,20H,12H2,1-4H3. The minimum absolute atomic E-state index is 0.191. The quantitative estimate of drug-likeness (QED) is 0.797. The van der Waals surface area contributed by atoms with Crippen molar-refractivity contribution in [3.8, 4) is 0 Å². The van der Waals surface area contributed by atoms with Crippen LogP contribution in [0.1, 0.15) is 31.9 Å². The van der Waals surface area contributed by atoms with Crippen LogP contribution in [0.2, 0.25) is 5.02 Å². The summed E-state index contributed by atoms with van der Waals surface area (Å²) in [6.07, 6.45) is 0. The summed E-state index contributed by atoms with van der Waals surface area (Å²) in [6.45, 7) is 7.48. The van der Waals surface area contributed by atoms with E-state index in [0.717, 1.165) is 17.1 Å². The van der Waals surface area contributed by atoms with Crippen molar-refractivity contribution in [1.29, 1.82) is 0 Å². The molecule has 0 aliphatic heterocycles. The van der Waals surface area contributed by atoms with Crippen molar-refractivity contribution < 1.29 is 0 Å². The van der Waals surface area contributed by atoms with Crippen molar-refractivity contribution >= 4 is 23.4 Å². The van der Waals surface area contributed by atoms with Crippen LogP contribution in [0.25, 0.3) is 0 Å². The maximum atomic E-state index is 6.31. The van der Waals surface area contributed by atoms with Gasteiger partial charge in [0.15, 0.2) is 0 Å². The summed E-state index contributed by atoms with van der Waals surface area (Å²) < 4.78 is 0. The number of rotatable bonds is 4. The largest absolute Gasteiger partial charge is 0.316 e. The summed E-state index contributed by atoms with van der Waals surface area (Å²) in [5.74, 6) is 0. The van der Waals surface area contributed by atoms with Gasteiger partial charge in [-0.1, -0.05) is 62.3 Å². The van der Waals surface area contributed by atoms with Gasteiger partial charge in [-0.3, -0.25) is 0 Å². The molecule has 1 nitrogen and oxygen atoms in total. The molecule has 0 heterocycles. The molecular formula is C18H22ClNS. The second kappa shape index (κ2) is 6.87. The molecule has 0 unspecified atom stereocenters. The van der Waals surface area contributed by atoms with Crippen molar-refractivity contribution in [1.82, 2.24) is 5.32 Å². The summed E-state index contributed by atoms with van der Waals surface area (Å²) in [7, 11) is 1.94. The van der Waals surface area contributed by atoms with E-state index in [9.17, 15) is 0 Å². The van der Waals surface area contributed by atoms with Crippen LogP contribution in [-0.4, -0.2) is 7.05 Å². The third-order valence-electron chi connectivity index (χ3n) is 3.38. The lowest BCUT2D eigenvalue weighted by Crippen LogP contribution is -2.10. The molecule has 112 valence electrons. The molecule has 2 rings (SSSR count). The van der Waals surface area contributed by atoms with E-state index >= 15 is 0 Å². The smallest absolute Gasteiger partial charge is 0.0462 e. The van der Waals surface area contributed by atoms with Crippen LogP contribution in [0.3, 0.4) is 0 Å². The molecule has 0 saturated heterocycles. The van der Waals surface area contributed by atoms with Gasteiger partial charge in [0.25, 0.3) is 0 Å². The minimum Gasteiger partial charge on any atom is -0.316 e. The van der Waals surface area contributed by atoms with Crippen molar-refractivity contribution in [3.63, 3.8) is 0 Å². The van der Waals surface area contributed by atoms with Crippen LogP contribution in [0.15, 0.2) is 52.3 Å². The molecule has 3 heteroatoms. The van der Waals surface area contributed by atoms with Crippen LogP contribution in [0, 0.1) is 0 Å². The summed E-state index contributed by atoms with van der Waals surface area (Å²) >= 11 is 8.07. The molecule has 0 aliphatic carbocycles. The monoisotopic (exact) mass is 319 g/mol. The topological polar surface area (TPSA) is 12.0 Å². The van der Waals surface area contributed by atoms with Gasteiger partial charge in [-0.15, -0.1) is 0 Å². The van der Waals surface area contributed by atoms with Gasteiger partial charge < -0.3 is 5.32 Å². The Bertz CT molecular complexity index is 600. The third-order valence-corrected chi connectivity index (χ3v) is 4.84. The first-order valence-electron chi connectivity index (χ1n) is 7.12. The number of hydrogen-bond acceptors (Lipinski definition) is 2. The van der Waals surface area contributed by atoms with E-state index < -0.39 is 0 Å². The molecule has 0 spiro atoms. The van der Waals surface area contributed by atoms with Gasteiger partial charge in [-0.2, -0.15) is 0 Å². The number of benzene rings is 2. The molecule has 0 aliphatic rings. The Morgan fingerprint density at radius 2 is 1.71 bits per heavy atom. The molecule has 21 heavy (non-hydrogen) atoms. The molecule has 2 aromatic carbocycles. The Labute approximate surface area is 137 Å². The van der Waals surface area contributed by atoms with Crippen molar-refractivity contribution in [2.24, 2.45) is 0 Å². The maximum Gasteiger partial charge on any atom is 0.0462 e. The van der Waals surface area contributed by atoms with Gasteiger partial charge in [-0.25, -0.2) is 0 Å². The molecule has 0 aromatic heterocycles. The van der Waals surface area contributed by atoms with E-state index in [0.29, 0.717) is 0 Å². The Balaban J connectivity index is 2.24.